The molecule has 0 saturated carbocycles. The minimum atomic E-state index is -0.903. The van der Waals surface area contributed by atoms with Gasteiger partial charge >= 0.3 is 0 Å². The van der Waals surface area contributed by atoms with Crippen LogP contribution in [0, 0.1) is 0 Å². The molecular formula is C12H14ClP. The molecule has 0 amide bonds. The number of benzene rings is 1. The van der Waals surface area contributed by atoms with E-state index in [-0.39, 0.29) is 12.4 Å². The Hall–Kier alpha value is -0.580. The molecule has 0 aromatic heterocycles. The highest BCUT2D eigenvalue weighted by Gasteiger charge is 2.27. The van der Waals surface area contributed by atoms with E-state index in [0.717, 1.165) is 0 Å². The third-order valence-electron chi connectivity index (χ3n) is 2.33. The number of allylic oxidation sites excluding steroid dienone is 2. The van der Waals surface area contributed by atoms with Gasteiger partial charge < -0.3 is 12.4 Å². The molecule has 1 aliphatic heterocycles. The summed E-state index contributed by atoms with van der Waals surface area (Å²) in [5, 5.41) is 0. The largest absolute Gasteiger partial charge is 1.00 e. The summed E-state index contributed by atoms with van der Waals surface area (Å²) in [5.74, 6) is 4.75. The van der Waals surface area contributed by atoms with E-state index < -0.39 is 7.26 Å². The Bertz CT molecular complexity index is 329. The smallest absolute Gasteiger partial charge is 0.0922 e. The summed E-state index contributed by atoms with van der Waals surface area (Å²) in [7, 11) is -0.903. The maximum absolute atomic E-state index is 2.38. The fourth-order valence-corrected chi connectivity index (χ4v) is 3.92. The van der Waals surface area contributed by atoms with Crippen LogP contribution in [0.2, 0.25) is 0 Å². The predicted octanol–water partition coefficient (Wildman–Crippen LogP) is 0.879. The van der Waals surface area contributed by atoms with Crippen LogP contribution < -0.4 is 12.4 Å². The molecule has 0 N–H and O–H groups in total. The molecule has 0 fully saturated rings. The molecule has 0 bridgehead atoms. The summed E-state index contributed by atoms with van der Waals surface area (Å²) in [6.45, 7) is 2.38. The van der Waals surface area contributed by atoms with E-state index in [4.69, 9.17) is 0 Å². The molecule has 2 rings (SSSR count). The Balaban J connectivity index is 0.000000980. The van der Waals surface area contributed by atoms with Crippen molar-refractivity contribution in [1.29, 1.82) is 0 Å². The first kappa shape index (κ1) is 11.5. The second kappa shape index (κ2) is 4.77. The highest BCUT2D eigenvalue weighted by molar-refractivity contribution is 7.80. The summed E-state index contributed by atoms with van der Waals surface area (Å²) in [6, 6.07) is 10.7. The van der Waals surface area contributed by atoms with Gasteiger partial charge in [-0.1, -0.05) is 30.3 Å². The van der Waals surface area contributed by atoms with Crippen molar-refractivity contribution in [2.45, 2.75) is 6.16 Å². The first-order chi connectivity index (χ1) is 6.29. The monoisotopic (exact) mass is 224 g/mol. The molecular weight excluding hydrogens is 211 g/mol. The van der Waals surface area contributed by atoms with Gasteiger partial charge in [-0.3, -0.25) is 0 Å². The zero-order chi connectivity index (χ0) is 9.15. The van der Waals surface area contributed by atoms with E-state index in [2.05, 4.69) is 60.8 Å². The molecule has 14 heavy (non-hydrogen) atoms. The van der Waals surface area contributed by atoms with Crippen molar-refractivity contribution >= 4 is 7.26 Å². The standard InChI is InChI=1S/C12H14P.ClH/c1-13(9-5-6-10-13)11-12-7-3-2-4-8-12;/h2-10H,11H2,1H3;1H/q+1;/p-1. The minimum Gasteiger partial charge on any atom is -1.00 e. The molecule has 1 aromatic carbocycles. The van der Waals surface area contributed by atoms with Crippen LogP contribution in [0.1, 0.15) is 5.56 Å². The van der Waals surface area contributed by atoms with Crippen LogP contribution in [0.3, 0.4) is 0 Å². The molecule has 1 aliphatic rings. The van der Waals surface area contributed by atoms with E-state index >= 15 is 0 Å². The molecule has 0 atom stereocenters. The van der Waals surface area contributed by atoms with E-state index in [0.29, 0.717) is 0 Å². The molecule has 0 saturated heterocycles. The Morgan fingerprint density at radius 2 is 1.57 bits per heavy atom. The van der Waals surface area contributed by atoms with Crippen LogP contribution in [-0.2, 0) is 6.16 Å². The van der Waals surface area contributed by atoms with Gasteiger partial charge in [-0.25, -0.2) is 0 Å². The van der Waals surface area contributed by atoms with E-state index in [1.807, 2.05) is 0 Å². The van der Waals surface area contributed by atoms with E-state index in [1.54, 1.807) is 0 Å². The Morgan fingerprint density at radius 1 is 1.00 bits per heavy atom. The SMILES string of the molecule is C[P+]1(Cc2ccccc2)C=CC=C1.[Cl-]. The van der Waals surface area contributed by atoms with Crippen molar-refractivity contribution in [3.05, 3.63) is 59.7 Å². The van der Waals surface area contributed by atoms with Gasteiger partial charge in [0.1, 0.15) is 0 Å². The maximum Gasteiger partial charge on any atom is 0.0922 e. The summed E-state index contributed by atoms with van der Waals surface area (Å²) >= 11 is 0. The molecule has 0 unspecified atom stereocenters. The topological polar surface area (TPSA) is 0 Å². The lowest BCUT2D eigenvalue weighted by Gasteiger charge is -2.11. The predicted molar refractivity (Wildman–Crippen MR) is 61.3 cm³/mol. The number of rotatable bonds is 2. The first-order valence-electron chi connectivity index (χ1n) is 4.54. The molecule has 1 heterocycles. The average molecular weight is 225 g/mol. The second-order valence-corrected chi connectivity index (χ2v) is 7.28. The normalized spacial score (nSPS) is 16.6. The lowest BCUT2D eigenvalue weighted by molar-refractivity contribution is -0.00000273. The lowest BCUT2D eigenvalue weighted by atomic mass is 10.2. The van der Waals surface area contributed by atoms with Gasteiger partial charge in [-0.15, -0.1) is 0 Å². The zero-order valence-corrected chi connectivity index (χ0v) is 9.88. The molecule has 74 valence electrons. The highest BCUT2D eigenvalue weighted by Crippen LogP contribution is 2.63. The first-order valence-corrected chi connectivity index (χ1v) is 7.10. The second-order valence-electron chi connectivity index (χ2n) is 3.67. The fourth-order valence-electron chi connectivity index (χ4n) is 1.62. The molecule has 0 nitrogen and oxygen atoms in total. The number of halogens is 1. The van der Waals surface area contributed by atoms with Gasteiger partial charge in [0.25, 0.3) is 0 Å². The van der Waals surface area contributed by atoms with Gasteiger partial charge in [0, 0.05) is 0 Å². The van der Waals surface area contributed by atoms with E-state index in [9.17, 15) is 0 Å². The van der Waals surface area contributed by atoms with Crippen molar-refractivity contribution in [3.8, 4) is 0 Å². The highest BCUT2D eigenvalue weighted by atomic mass is 35.5. The van der Waals surface area contributed by atoms with Crippen molar-refractivity contribution in [2.75, 3.05) is 6.66 Å². The molecule has 0 spiro atoms. The fraction of sp³-hybridized carbons (Fsp3) is 0.167. The molecule has 0 radical (unpaired) electrons. The van der Waals surface area contributed by atoms with Crippen LogP contribution in [-0.4, -0.2) is 6.66 Å². The van der Waals surface area contributed by atoms with Crippen molar-refractivity contribution in [1.82, 2.24) is 0 Å². The van der Waals surface area contributed by atoms with Crippen LogP contribution >= 0.6 is 7.26 Å². The third kappa shape index (κ3) is 2.70. The zero-order valence-electron chi connectivity index (χ0n) is 8.23. The van der Waals surface area contributed by atoms with E-state index in [1.165, 1.54) is 11.7 Å². The summed E-state index contributed by atoms with van der Waals surface area (Å²) in [4.78, 5) is 0. The summed E-state index contributed by atoms with van der Waals surface area (Å²) in [6.07, 6.45) is 5.56. The minimum absolute atomic E-state index is 0. The van der Waals surface area contributed by atoms with Crippen molar-refractivity contribution in [3.63, 3.8) is 0 Å². The van der Waals surface area contributed by atoms with Gasteiger partial charge in [0.2, 0.25) is 0 Å². The van der Waals surface area contributed by atoms with Crippen molar-refractivity contribution < 1.29 is 12.4 Å². The van der Waals surface area contributed by atoms with Crippen LogP contribution in [0.4, 0.5) is 0 Å². The van der Waals surface area contributed by atoms with Crippen molar-refractivity contribution in [2.24, 2.45) is 0 Å². The van der Waals surface area contributed by atoms with Gasteiger partial charge in [0.05, 0.1) is 31.7 Å². The number of hydrogen-bond donors (Lipinski definition) is 0. The average Bonchev–Trinajstić information content (AvgIpc) is 2.54. The molecule has 2 heteroatoms. The maximum atomic E-state index is 2.38. The summed E-state index contributed by atoms with van der Waals surface area (Å²) in [5.41, 5.74) is 1.45. The van der Waals surface area contributed by atoms with Crippen LogP contribution in [0.25, 0.3) is 0 Å². The molecule has 0 aliphatic carbocycles. The Labute approximate surface area is 92.5 Å². The van der Waals surface area contributed by atoms with Crippen LogP contribution in [0.5, 0.6) is 0 Å². The van der Waals surface area contributed by atoms with Gasteiger partial charge in [0.15, 0.2) is 0 Å². The number of hydrogen-bond acceptors (Lipinski definition) is 0. The van der Waals surface area contributed by atoms with Crippen LogP contribution in [0.15, 0.2) is 54.1 Å². The quantitative estimate of drug-likeness (QED) is 0.655. The Morgan fingerprint density at radius 3 is 2.14 bits per heavy atom. The Kier molecular flexibility index (Phi) is 3.92. The lowest BCUT2D eigenvalue weighted by Crippen LogP contribution is -3.00. The summed E-state index contributed by atoms with van der Waals surface area (Å²) < 4.78 is 0. The molecule has 1 aromatic rings. The third-order valence-corrected chi connectivity index (χ3v) is 5.08. The van der Waals surface area contributed by atoms with Gasteiger partial charge in [-0.2, -0.15) is 0 Å². The van der Waals surface area contributed by atoms with Gasteiger partial charge in [-0.05, 0) is 17.7 Å².